The number of amides is 1. The minimum absolute atomic E-state index is 0.143. The zero-order chi connectivity index (χ0) is 18.4. The fourth-order valence-electron chi connectivity index (χ4n) is 3.05. The lowest BCUT2D eigenvalue weighted by molar-refractivity contribution is -0.113. The summed E-state index contributed by atoms with van der Waals surface area (Å²) < 4.78 is 11.2. The third-order valence-corrected chi connectivity index (χ3v) is 5.64. The van der Waals surface area contributed by atoms with E-state index in [-0.39, 0.29) is 12.7 Å². The van der Waals surface area contributed by atoms with Gasteiger partial charge in [0.05, 0.1) is 16.1 Å². The van der Waals surface area contributed by atoms with Gasteiger partial charge in [-0.15, -0.1) is 0 Å². The van der Waals surface area contributed by atoms with Crippen molar-refractivity contribution in [3.63, 3.8) is 0 Å². The lowest BCUT2D eigenvalue weighted by Crippen LogP contribution is -2.27. The summed E-state index contributed by atoms with van der Waals surface area (Å²) in [7, 11) is 0. The molecular formula is C20H12N2O3S2. The second-order valence-electron chi connectivity index (χ2n) is 6.01. The van der Waals surface area contributed by atoms with Crippen molar-refractivity contribution in [3.05, 3.63) is 65.2 Å². The molecule has 1 amide bonds. The molecule has 7 heteroatoms. The van der Waals surface area contributed by atoms with Crippen LogP contribution in [0.15, 0.2) is 59.6 Å². The Morgan fingerprint density at radius 2 is 2.00 bits per heavy atom. The van der Waals surface area contributed by atoms with Gasteiger partial charge in [0.15, 0.2) is 15.8 Å². The second kappa shape index (κ2) is 6.37. The molecular weight excluding hydrogens is 380 g/mol. The number of fused-ring (bicyclic) bond motifs is 2. The van der Waals surface area contributed by atoms with Gasteiger partial charge in [0.25, 0.3) is 5.91 Å². The zero-order valence-electron chi connectivity index (χ0n) is 13.9. The quantitative estimate of drug-likeness (QED) is 0.477. The molecule has 0 atom stereocenters. The molecule has 5 rings (SSSR count). The van der Waals surface area contributed by atoms with Crippen LogP contribution in [0.4, 0.5) is 5.69 Å². The zero-order valence-corrected chi connectivity index (χ0v) is 15.5. The minimum atomic E-state index is -0.143. The van der Waals surface area contributed by atoms with Crippen LogP contribution in [0.25, 0.3) is 17.0 Å². The fraction of sp³-hybridized carbons (Fsp3) is 0.0500. The largest absolute Gasteiger partial charge is 0.454 e. The molecule has 1 saturated heterocycles. The van der Waals surface area contributed by atoms with E-state index in [9.17, 15) is 4.79 Å². The number of carbonyl (C=O) groups excluding carboxylic acids is 1. The van der Waals surface area contributed by atoms with Crippen LogP contribution in [-0.4, -0.2) is 22.0 Å². The molecule has 3 aromatic rings. The lowest BCUT2D eigenvalue weighted by atomic mass is 10.1. The van der Waals surface area contributed by atoms with Crippen molar-refractivity contribution in [2.24, 2.45) is 0 Å². The first-order valence-corrected chi connectivity index (χ1v) is 9.44. The predicted octanol–water partition coefficient (Wildman–Crippen LogP) is 4.37. The molecule has 0 radical (unpaired) electrons. The Balaban J connectivity index is 1.48. The van der Waals surface area contributed by atoms with Gasteiger partial charge in [-0.25, -0.2) is 0 Å². The number of aromatic nitrogens is 1. The Bertz CT molecular complexity index is 1140. The van der Waals surface area contributed by atoms with Gasteiger partial charge < -0.3 is 9.47 Å². The van der Waals surface area contributed by atoms with Crippen molar-refractivity contribution in [3.8, 4) is 11.5 Å². The van der Waals surface area contributed by atoms with Crippen molar-refractivity contribution < 1.29 is 14.3 Å². The van der Waals surface area contributed by atoms with Gasteiger partial charge in [-0.05, 0) is 42.0 Å². The van der Waals surface area contributed by atoms with Gasteiger partial charge in [0.1, 0.15) is 0 Å². The van der Waals surface area contributed by atoms with Crippen LogP contribution in [0, 0.1) is 0 Å². The molecule has 0 spiro atoms. The first kappa shape index (κ1) is 16.3. The van der Waals surface area contributed by atoms with Gasteiger partial charge in [-0.1, -0.05) is 36.1 Å². The minimum Gasteiger partial charge on any atom is -0.454 e. The van der Waals surface area contributed by atoms with Crippen molar-refractivity contribution in [2.45, 2.75) is 0 Å². The Hall–Kier alpha value is -2.90. The number of hydrogen-bond acceptors (Lipinski definition) is 6. The smallest absolute Gasteiger partial charge is 0.270 e. The third kappa shape index (κ3) is 2.85. The monoisotopic (exact) mass is 392 g/mol. The predicted molar refractivity (Wildman–Crippen MR) is 110 cm³/mol. The number of thiocarbonyl (C=S) groups is 1. The molecule has 132 valence electrons. The highest BCUT2D eigenvalue weighted by Gasteiger charge is 2.34. The number of ether oxygens (including phenoxy) is 2. The number of benzene rings is 2. The maximum Gasteiger partial charge on any atom is 0.270 e. The standard InChI is InChI=1S/C20H12N2O3S2/c23-19-18(9-12-3-5-15-13(8-12)2-1-7-21-15)27-20(26)22(19)14-4-6-16-17(10-14)25-11-24-16/h1-10H,11H2/b18-9-. The van der Waals surface area contributed by atoms with E-state index in [2.05, 4.69) is 4.98 Å². The van der Waals surface area contributed by atoms with E-state index in [4.69, 9.17) is 21.7 Å². The number of hydrogen-bond donors (Lipinski definition) is 0. The van der Waals surface area contributed by atoms with E-state index >= 15 is 0 Å². The maximum absolute atomic E-state index is 12.9. The normalized spacial score (nSPS) is 17.3. The SMILES string of the molecule is O=C1/C(=C/c2ccc3ncccc3c2)SC(=S)N1c1ccc2c(c1)OCO2. The van der Waals surface area contributed by atoms with E-state index in [0.29, 0.717) is 26.4 Å². The summed E-state index contributed by atoms with van der Waals surface area (Å²) >= 11 is 6.73. The van der Waals surface area contributed by atoms with Crippen LogP contribution in [0.5, 0.6) is 11.5 Å². The Labute approximate surface area is 164 Å². The van der Waals surface area contributed by atoms with E-state index < -0.39 is 0 Å². The highest BCUT2D eigenvalue weighted by Crippen LogP contribution is 2.40. The average molecular weight is 392 g/mol. The lowest BCUT2D eigenvalue weighted by Gasteiger charge is -2.14. The molecule has 2 aliphatic heterocycles. The van der Waals surface area contributed by atoms with E-state index in [1.54, 1.807) is 18.3 Å². The van der Waals surface area contributed by atoms with Gasteiger partial charge >= 0.3 is 0 Å². The van der Waals surface area contributed by atoms with Crippen LogP contribution in [0.1, 0.15) is 5.56 Å². The van der Waals surface area contributed by atoms with Crippen LogP contribution >= 0.6 is 24.0 Å². The van der Waals surface area contributed by atoms with Crippen LogP contribution < -0.4 is 14.4 Å². The van der Waals surface area contributed by atoms with Crippen molar-refractivity contribution in [1.29, 1.82) is 0 Å². The molecule has 0 aliphatic carbocycles. The number of rotatable bonds is 2. The van der Waals surface area contributed by atoms with Crippen molar-refractivity contribution in [2.75, 3.05) is 11.7 Å². The highest BCUT2D eigenvalue weighted by molar-refractivity contribution is 8.27. The highest BCUT2D eigenvalue weighted by atomic mass is 32.2. The first-order chi connectivity index (χ1) is 13.2. The number of nitrogens with zero attached hydrogens (tertiary/aromatic N) is 2. The number of thioether (sulfide) groups is 1. The number of anilines is 1. The Morgan fingerprint density at radius 1 is 1.11 bits per heavy atom. The molecule has 1 aromatic heterocycles. The van der Waals surface area contributed by atoms with Crippen molar-refractivity contribution in [1.82, 2.24) is 4.98 Å². The van der Waals surface area contributed by atoms with E-state index in [0.717, 1.165) is 16.5 Å². The fourth-order valence-corrected chi connectivity index (χ4v) is 4.35. The molecule has 0 unspecified atom stereocenters. The molecule has 5 nitrogen and oxygen atoms in total. The van der Waals surface area contributed by atoms with E-state index in [1.807, 2.05) is 42.5 Å². The summed E-state index contributed by atoms with van der Waals surface area (Å²) in [5.74, 6) is 1.15. The Morgan fingerprint density at radius 3 is 2.93 bits per heavy atom. The van der Waals surface area contributed by atoms with Crippen LogP contribution in [0.3, 0.4) is 0 Å². The molecule has 2 aliphatic rings. The maximum atomic E-state index is 12.9. The molecule has 2 aromatic carbocycles. The molecule has 0 bridgehead atoms. The summed E-state index contributed by atoms with van der Waals surface area (Å²) in [6.07, 6.45) is 3.62. The molecule has 0 N–H and O–H groups in total. The summed E-state index contributed by atoms with van der Waals surface area (Å²) in [6, 6.07) is 15.2. The van der Waals surface area contributed by atoms with Gasteiger partial charge in [-0.2, -0.15) is 0 Å². The van der Waals surface area contributed by atoms with Crippen molar-refractivity contribution >= 4 is 56.9 Å². The summed E-state index contributed by atoms with van der Waals surface area (Å²) in [6.45, 7) is 0.188. The summed E-state index contributed by atoms with van der Waals surface area (Å²) in [4.78, 5) is 19.4. The summed E-state index contributed by atoms with van der Waals surface area (Å²) in [5, 5.41) is 1.03. The average Bonchev–Trinajstić information content (AvgIpc) is 3.25. The number of pyridine rings is 1. The van der Waals surface area contributed by atoms with Crippen LogP contribution in [-0.2, 0) is 4.79 Å². The van der Waals surface area contributed by atoms with Gasteiger partial charge in [0, 0.05) is 17.6 Å². The number of carbonyl (C=O) groups is 1. The van der Waals surface area contributed by atoms with Gasteiger partial charge in [0.2, 0.25) is 6.79 Å². The first-order valence-electron chi connectivity index (χ1n) is 8.21. The second-order valence-corrected chi connectivity index (χ2v) is 7.69. The van der Waals surface area contributed by atoms with E-state index in [1.165, 1.54) is 16.7 Å². The van der Waals surface area contributed by atoms with Crippen LogP contribution in [0.2, 0.25) is 0 Å². The summed E-state index contributed by atoms with van der Waals surface area (Å²) in [5.41, 5.74) is 2.53. The molecule has 3 heterocycles. The Kier molecular flexibility index (Phi) is 3.84. The molecule has 1 fully saturated rings. The topological polar surface area (TPSA) is 51.7 Å². The molecule has 0 saturated carbocycles. The third-order valence-electron chi connectivity index (χ3n) is 4.33. The molecule has 27 heavy (non-hydrogen) atoms. The van der Waals surface area contributed by atoms with Gasteiger partial charge in [-0.3, -0.25) is 14.7 Å².